The van der Waals surface area contributed by atoms with Gasteiger partial charge in [-0.1, -0.05) is 6.07 Å². The molecule has 6 heteroatoms. The van der Waals surface area contributed by atoms with Crippen LogP contribution < -0.4 is 14.2 Å². The highest BCUT2D eigenvalue weighted by atomic mass is 16.6. The minimum Gasteiger partial charge on any atom is -0.497 e. The van der Waals surface area contributed by atoms with Crippen LogP contribution in [0.15, 0.2) is 53.2 Å². The third-order valence-electron chi connectivity index (χ3n) is 3.83. The van der Waals surface area contributed by atoms with E-state index in [2.05, 4.69) is 4.99 Å². The summed E-state index contributed by atoms with van der Waals surface area (Å²) in [6.45, 7) is 4.88. The van der Waals surface area contributed by atoms with E-state index in [4.69, 9.17) is 18.9 Å². The van der Waals surface area contributed by atoms with Gasteiger partial charge in [0.1, 0.15) is 5.75 Å². The SMILES string of the molecule is CCOc1ccc(/C=C2\N=C(c3ccc(OC)cc3)OC2=O)cc1OCC. The maximum atomic E-state index is 12.2. The summed E-state index contributed by atoms with van der Waals surface area (Å²) < 4.78 is 21.6. The third-order valence-corrected chi connectivity index (χ3v) is 3.83. The molecule has 0 bridgehead atoms. The average molecular weight is 367 g/mol. The highest BCUT2D eigenvalue weighted by molar-refractivity contribution is 6.12. The Morgan fingerprint density at radius 2 is 1.70 bits per heavy atom. The van der Waals surface area contributed by atoms with Crippen LogP contribution in [0.1, 0.15) is 25.0 Å². The molecule has 0 aromatic heterocycles. The number of benzene rings is 2. The second-order valence-corrected chi connectivity index (χ2v) is 5.64. The second-order valence-electron chi connectivity index (χ2n) is 5.64. The van der Waals surface area contributed by atoms with E-state index in [1.165, 1.54) is 0 Å². The Morgan fingerprint density at radius 3 is 2.37 bits per heavy atom. The van der Waals surface area contributed by atoms with Crippen molar-refractivity contribution in [2.75, 3.05) is 20.3 Å². The number of hydrogen-bond acceptors (Lipinski definition) is 6. The van der Waals surface area contributed by atoms with Crippen LogP contribution in [-0.2, 0) is 9.53 Å². The summed E-state index contributed by atoms with van der Waals surface area (Å²) in [4.78, 5) is 16.5. The largest absolute Gasteiger partial charge is 0.497 e. The highest BCUT2D eigenvalue weighted by Crippen LogP contribution is 2.30. The third kappa shape index (κ3) is 4.28. The molecule has 2 aromatic carbocycles. The molecule has 0 atom stereocenters. The molecule has 0 fully saturated rings. The van der Waals surface area contributed by atoms with Gasteiger partial charge in [0.05, 0.1) is 20.3 Å². The molecule has 2 aromatic rings. The molecule has 0 saturated heterocycles. The Kier molecular flexibility index (Phi) is 5.76. The van der Waals surface area contributed by atoms with Crippen molar-refractivity contribution in [3.05, 3.63) is 59.3 Å². The van der Waals surface area contributed by atoms with Crippen molar-refractivity contribution in [2.24, 2.45) is 4.99 Å². The molecule has 0 N–H and O–H groups in total. The number of ether oxygens (including phenoxy) is 4. The quantitative estimate of drug-likeness (QED) is 0.549. The molecule has 1 aliphatic heterocycles. The lowest BCUT2D eigenvalue weighted by Crippen LogP contribution is -2.05. The molecule has 0 saturated carbocycles. The number of rotatable bonds is 7. The topological polar surface area (TPSA) is 66.3 Å². The predicted octanol–water partition coefficient (Wildman–Crippen LogP) is 3.84. The summed E-state index contributed by atoms with van der Waals surface area (Å²) in [6.07, 6.45) is 1.66. The van der Waals surface area contributed by atoms with E-state index >= 15 is 0 Å². The van der Waals surface area contributed by atoms with E-state index in [0.717, 1.165) is 11.3 Å². The number of carbonyl (C=O) groups excluding carboxylic acids is 1. The van der Waals surface area contributed by atoms with Crippen LogP contribution >= 0.6 is 0 Å². The Hall–Kier alpha value is -3.28. The molecule has 0 radical (unpaired) electrons. The van der Waals surface area contributed by atoms with Gasteiger partial charge in [-0.2, -0.15) is 0 Å². The zero-order chi connectivity index (χ0) is 19.2. The lowest BCUT2D eigenvalue weighted by molar-refractivity contribution is -0.129. The number of cyclic esters (lactones) is 1. The summed E-state index contributed by atoms with van der Waals surface area (Å²) in [7, 11) is 1.59. The van der Waals surface area contributed by atoms with Gasteiger partial charge in [-0.25, -0.2) is 9.79 Å². The van der Waals surface area contributed by atoms with Gasteiger partial charge in [-0.15, -0.1) is 0 Å². The number of hydrogen-bond donors (Lipinski definition) is 0. The smallest absolute Gasteiger partial charge is 0.363 e. The summed E-state index contributed by atoms with van der Waals surface area (Å²) in [5.74, 6) is 1.78. The minimum atomic E-state index is -0.493. The van der Waals surface area contributed by atoms with Crippen molar-refractivity contribution in [2.45, 2.75) is 13.8 Å². The molecule has 0 amide bonds. The van der Waals surface area contributed by atoms with Crippen molar-refractivity contribution in [1.82, 2.24) is 0 Å². The lowest BCUT2D eigenvalue weighted by atomic mass is 10.1. The van der Waals surface area contributed by atoms with E-state index in [0.29, 0.717) is 30.3 Å². The van der Waals surface area contributed by atoms with Gasteiger partial charge in [0.15, 0.2) is 17.2 Å². The summed E-state index contributed by atoms with van der Waals surface area (Å²) in [5.41, 5.74) is 1.70. The number of methoxy groups -OCH3 is 1. The van der Waals surface area contributed by atoms with E-state index < -0.39 is 5.97 Å². The fraction of sp³-hybridized carbons (Fsp3) is 0.238. The Morgan fingerprint density at radius 1 is 1.00 bits per heavy atom. The van der Waals surface area contributed by atoms with Crippen molar-refractivity contribution in [3.8, 4) is 17.2 Å². The average Bonchev–Trinajstić information content (AvgIpc) is 3.05. The highest BCUT2D eigenvalue weighted by Gasteiger charge is 2.24. The molecule has 1 aliphatic rings. The zero-order valence-electron chi connectivity index (χ0n) is 15.5. The first-order chi connectivity index (χ1) is 13.1. The minimum absolute atomic E-state index is 0.229. The van der Waals surface area contributed by atoms with Gasteiger partial charge in [0.25, 0.3) is 0 Å². The van der Waals surface area contributed by atoms with Gasteiger partial charge >= 0.3 is 5.97 Å². The molecule has 6 nitrogen and oxygen atoms in total. The van der Waals surface area contributed by atoms with Crippen LogP contribution in [0.4, 0.5) is 0 Å². The van der Waals surface area contributed by atoms with Crippen LogP contribution in [0.3, 0.4) is 0 Å². The molecule has 140 valence electrons. The molecular weight excluding hydrogens is 346 g/mol. The van der Waals surface area contributed by atoms with Crippen LogP contribution in [-0.4, -0.2) is 32.2 Å². The number of aliphatic imine (C=N–C) groups is 1. The monoisotopic (exact) mass is 367 g/mol. The maximum absolute atomic E-state index is 12.2. The van der Waals surface area contributed by atoms with Crippen molar-refractivity contribution >= 4 is 17.9 Å². The van der Waals surface area contributed by atoms with E-state index in [1.54, 1.807) is 37.5 Å². The normalized spacial score (nSPS) is 14.7. The van der Waals surface area contributed by atoms with Gasteiger partial charge in [0.2, 0.25) is 5.90 Å². The molecule has 3 rings (SSSR count). The molecule has 0 spiro atoms. The number of nitrogens with zero attached hydrogens (tertiary/aromatic N) is 1. The number of esters is 1. The Labute approximate surface area is 158 Å². The van der Waals surface area contributed by atoms with Crippen molar-refractivity contribution in [3.63, 3.8) is 0 Å². The van der Waals surface area contributed by atoms with Gasteiger partial charge in [0, 0.05) is 5.56 Å². The summed E-state index contributed by atoms with van der Waals surface area (Å²) in [5, 5.41) is 0. The van der Waals surface area contributed by atoms with Crippen LogP contribution in [0.2, 0.25) is 0 Å². The van der Waals surface area contributed by atoms with Crippen LogP contribution in [0, 0.1) is 0 Å². The molecular formula is C21H21NO5. The number of carbonyl (C=O) groups is 1. The molecule has 0 unspecified atom stereocenters. The Balaban J connectivity index is 1.88. The van der Waals surface area contributed by atoms with Crippen LogP contribution in [0.5, 0.6) is 17.2 Å². The van der Waals surface area contributed by atoms with Gasteiger partial charge in [-0.3, -0.25) is 0 Å². The van der Waals surface area contributed by atoms with E-state index in [9.17, 15) is 4.79 Å². The standard InChI is InChI=1S/C21H21NO5/c1-4-25-18-11-6-14(13-19(18)26-5-2)12-17-21(23)27-20(22-17)15-7-9-16(24-3)10-8-15/h6-13H,4-5H2,1-3H3/b17-12-. The lowest BCUT2D eigenvalue weighted by Gasteiger charge is -2.11. The van der Waals surface area contributed by atoms with Crippen molar-refractivity contribution in [1.29, 1.82) is 0 Å². The summed E-state index contributed by atoms with van der Waals surface area (Å²) >= 11 is 0. The molecule has 27 heavy (non-hydrogen) atoms. The first-order valence-corrected chi connectivity index (χ1v) is 8.71. The van der Waals surface area contributed by atoms with Gasteiger partial charge < -0.3 is 18.9 Å². The fourth-order valence-electron chi connectivity index (χ4n) is 2.58. The first-order valence-electron chi connectivity index (χ1n) is 8.71. The van der Waals surface area contributed by atoms with E-state index in [-0.39, 0.29) is 11.6 Å². The Bertz CT molecular complexity index is 884. The summed E-state index contributed by atoms with van der Waals surface area (Å²) in [6, 6.07) is 12.6. The molecule has 1 heterocycles. The maximum Gasteiger partial charge on any atom is 0.363 e. The first kappa shape index (κ1) is 18.5. The fourth-order valence-corrected chi connectivity index (χ4v) is 2.58. The van der Waals surface area contributed by atoms with Gasteiger partial charge in [-0.05, 0) is 61.9 Å². The molecule has 0 aliphatic carbocycles. The van der Waals surface area contributed by atoms with Crippen LogP contribution in [0.25, 0.3) is 6.08 Å². The predicted molar refractivity (Wildman–Crippen MR) is 102 cm³/mol. The van der Waals surface area contributed by atoms with Crippen molar-refractivity contribution < 1.29 is 23.7 Å². The van der Waals surface area contributed by atoms with E-state index in [1.807, 2.05) is 32.0 Å². The zero-order valence-corrected chi connectivity index (χ0v) is 15.5. The second kappa shape index (κ2) is 8.40.